The zero-order valence-corrected chi connectivity index (χ0v) is 21.3. The van der Waals surface area contributed by atoms with Crippen molar-refractivity contribution < 1.29 is 18.0 Å². The van der Waals surface area contributed by atoms with Gasteiger partial charge in [-0.15, -0.1) is 0 Å². The van der Waals surface area contributed by atoms with Crippen LogP contribution in [0.2, 0.25) is 5.02 Å². The van der Waals surface area contributed by atoms with Crippen molar-refractivity contribution in [3.05, 3.63) is 107 Å². The van der Waals surface area contributed by atoms with Crippen LogP contribution in [0.3, 0.4) is 0 Å². The number of carbonyl (C=O) groups is 1. The minimum Gasteiger partial charge on any atom is -0.329 e. The summed E-state index contributed by atoms with van der Waals surface area (Å²) < 4.78 is 41.3. The summed E-state index contributed by atoms with van der Waals surface area (Å²) in [5.74, 6) is 0.0733. The Morgan fingerprint density at radius 3 is 2.42 bits per heavy atom. The Kier molecular flexibility index (Phi) is 7.53. The number of alkyl halides is 3. The molecule has 0 unspecified atom stereocenters. The van der Waals surface area contributed by atoms with Gasteiger partial charge in [-0.2, -0.15) is 13.2 Å². The van der Waals surface area contributed by atoms with E-state index < -0.39 is 11.7 Å². The number of amides is 1. The highest BCUT2D eigenvalue weighted by atomic mass is 35.5. The van der Waals surface area contributed by atoms with Gasteiger partial charge in [-0.05, 0) is 47.0 Å². The van der Waals surface area contributed by atoms with Crippen LogP contribution in [0.15, 0.2) is 85.3 Å². The monoisotopic (exact) mass is 538 g/mol. The molecule has 0 atom stereocenters. The molecule has 0 spiro atoms. The standard InChI is InChI=1S/C29H26ClF3N4O/c30-25-5-2-6-26(16-25)37-14-13-35(12-11-28(37)38)19-27-17-34-20-36(27)18-21-7-9-22(10-8-21)23-3-1-4-24(15-23)29(31,32)33/h1-10,15-17,20H,11-14,18-19H2. The average Bonchev–Trinajstić information content (AvgIpc) is 3.24. The molecule has 9 heteroatoms. The van der Waals surface area contributed by atoms with E-state index in [1.54, 1.807) is 23.4 Å². The zero-order valence-electron chi connectivity index (χ0n) is 20.5. The molecule has 1 aliphatic heterocycles. The van der Waals surface area contributed by atoms with Crippen LogP contribution in [0.1, 0.15) is 23.2 Å². The molecule has 1 aromatic heterocycles. The number of anilines is 1. The number of hydrogen-bond donors (Lipinski definition) is 0. The molecule has 38 heavy (non-hydrogen) atoms. The first-order valence-electron chi connectivity index (χ1n) is 12.3. The van der Waals surface area contributed by atoms with Crippen molar-refractivity contribution in [1.29, 1.82) is 0 Å². The Morgan fingerprint density at radius 1 is 0.868 bits per heavy atom. The molecule has 0 N–H and O–H groups in total. The third-order valence-corrected chi connectivity index (χ3v) is 6.95. The van der Waals surface area contributed by atoms with E-state index in [0.717, 1.165) is 35.1 Å². The van der Waals surface area contributed by atoms with E-state index in [1.807, 2.05) is 48.7 Å². The van der Waals surface area contributed by atoms with Gasteiger partial charge in [0.15, 0.2) is 0 Å². The van der Waals surface area contributed by atoms with E-state index in [0.29, 0.717) is 43.2 Å². The lowest BCUT2D eigenvalue weighted by atomic mass is 10.0. The van der Waals surface area contributed by atoms with Crippen LogP contribution in [0.5, 0.6) is 0 Å². The molecule has 4 aromatic rings. The number of imidazole rings is 1. The molecule has 2 heterocycles. The van der Waals surface area contributed by atoms with Crippen LogP contribution in [0, 0.1) is 0 Å². The van der Waals surface area contributed by atoms with Crippen molar-refractivity contribution >= 4 is 23.2 Å². The molecule has 1 aliphatic rings. The topological polar surface area (TPSA) is 41.4 Å². The third-order valence-electron chi connectivity index (χ3n) is 6.72. The summed E-state index contributed by atoms with van der Waals surface area (Å²) in [7, 11) is 0. The molecule has 0 saturated carbocycles. The van der Waals surface area contributed by atoms with Crippen LogP contribution < -0.4 is 4.90 Å². The lowest BCUT2D eigenvalue weighted by Crippen LogP contribution is -2.33. The highest BCUT2D eigenvalue weighted by Gasteiger charge is 2.30. The molecule has 0 bridgehead atoms. The molecule has 5 rings (SSSR count). The van der Waals surface area contributed by atoms with Gasteiger partial charge in [-0.25, -0.2) is 4.98 Å². The quantitative estimate of drug-likeness (QED) is 0.281. The van der Waals surface area contributed by atoms with Crippen LogP contribution in [0.4, 0.5) is 18.9 Å². The summed E-state index contributed by atoms with van der Waals surface area (Å²) >= 11 is 6.12. The molecule has 1 amide bonds. The molecule has 0 radical (unpaired) electrons. The first kappa shape index (κ1) is 26.0. The molecule has 1 fully saturated rings. The van der Waals surface area contributed by atoms with Crippen molar-refractivity contribution in [1.82, 2.24) is 14.5 Å². The summed E-state index contributed by atoms with van der Waals surface area (Å²) in [6.07, 6.45) is -0.352. The Morgan fingerprint density at radius 2 is 1.66 bits per heavy atom. The van der Waals surface area contributed by atoms with Crippen molar-refractivity contribution in [3.63, 3.8) is 0 Å². The van der Waals surface area contributed by atoms with Crippen LogP contribution in [-0.4, -0.2) is 40.0 Å². The molecule has 0 aliphatic carbocycles. The maximum atomic E-state index is 13.1. The van der Waals surface area contributed by atoms with E-state index in [9.17, 15) is 18.0 Å². The van der Waals surface area contributed by atoms with Gasteiger partial charge < -0.3 is 9.47 Å². The van der Waals surface area contributed by atoms with Crippen LogP contribution in [0.25, 0.3) is 11.1 Å². The molecular formula is C29H26ClF3N4O. The Balaban J connectivity index is 1.24. The summed E-state index contributed by atoms with van der Waals surface area (Å²) in [6, 6.07) is 20.2. The average molecular weight is 539 g/mol. The van der Waals surface area contributed by atoms with Gasteiger partial charge in [0.25, 0.3) is 0 Å². The molecule has 196 valence electrons. The SMILES string of the molecule is O=C1CCN(Cc2cncn2Cc2ccc(-c3cccc(C(F)(F)F)c3)cc2)CCN1c1cccc(Cl)c1. The smallest absolute Gasteiger partial charge is 0.329 e. The Bertz CT molecular complexity index is 1420. The summed E-state index contributed by atoms with van der Waals surface area (Å²) in [6.45, 7) is 3.17. The number of nitrogens with zero attached hydrogens (tertiary/aromatic N) is 4. The lowest BCUT2D eigenvalue weighted by Gasteiger charge is -2.22. The number of halogens is 4. The second-order valence-corrected chi connectivity index (χ2v) is 9.78. The van der Waals surface area contributed by atoms with E-state index in [4.69, 9.17) is 11.6 Å². The number of carbonyl (C=O) groups excluding carboxylic acids is 1. The van der Waals surface area contributed by atoms with E-state index in [1.165, 1.54) is 12.1 Å². The second-order valence-electron chi connectivity index (χ2n) is 9.34. The van der Waals surface area contributed by atoms with Crippen LogP contribution in [-0.2, 0) is 24.1 Å². The van der Waals surface area contributed by atoms with Gasteiger partial charge in [0.05, 0.1) is 17.6 Å². The highest BCUT2D eigenvalue weighted by Crippen LogP contribution is 2.32. The zero-order chi connectivity index (χ0) is 26.7. The van der Waals surface area contributed by atoms with Gasteiger partial charge in [-0.3, -0.25) is 9.69 Å². The van der Waals surface area contributed by atoms with Crippen molar-refractivity contribution in [2.45, 2.75) is 25.7 Å². The fraction of sp³-hybridized carbons (Fsp3) is 0.241. The first-order chi connectivity index (χ1) is 18.3. The minimum atomic E-state index is -4.37. The largest absolute Gasteiger partial charge is 0.416 e. The number of aromatic nitrogens is 2. The minimum absolute atomic E-state index is 0.0733. The molecule has 5 nitrogen and oxygen atoms in total. The van der Waals surface area contributed by atoms with Crippen molar-refractivity contribution in [2.75, 3.05) is 24.5 Å². The van der Waals surface area contributed by atoms with Gasteiger partial charge in [0, 0.05) is 56.1 Å². The molecular weight excluding hydrogens is 513 g/mol. The second kappa shape index (κ2) is 11.0. The van der Waals surface area contributed by atoms with Gasteiger partial charge in [0.2, 0.25) is 5.91 Å². The predicted molar refractivity (Wildman–Crippen MR) is 142 cm³/mol. The molecule has 3 aromatic carbocycles. The number of rotatable bonds is 6. The number of benzene rings is 3. The Labute approximate surface area is 224 Å². The van der Waals surface area contributed by atoms with Crippen LogP contribution >= 0.6 is 11.6 Å². The lowest BCUT2D eigenvalue weighted by molar-refractivity contribution is -0.137. The van der Waals surface area contributed by atoms with E-state index in [-0.39, 0.29) is 5.91 Å². The normalized spacial score (nSPS) is 15.1. The third kappa shape index (κ3) is 6.09. The first-order valence-corrected chi connectivity index (χ1v) is 12.7. The maximum absolute atomic E-state index is 13.1. The van der Waals surface area contributed by atoms with Gasteiger partial charge in [0.1, 0.15) is 0 Å². The molecule has 1 saturated heterocycles. The maximum Gasteiger partial charge on any atom is 0.416 e. The van der Waals surface area contributed by atoms with E-state index in [2.05, 4.69) is 14.5 Å². The Hall–Kier alpha value is -3.62. The predicted octanol–water partition coefficient (Wildman–Crippen LogP) is 6.51. The summed E-state index contributed by atoms with van der Waals surface area (Å²) in [4.78, 5) is 21.1. The fourth-order valence-corrected chi connectivity index (χ4v) is 4.85. The van der Waals surface area contributed by atoms with E-state index >= 15 is 0 Å². The van der Waals surface area contributed by atoms with Gasteiger partial charge in [-0.1, -0.05) is 54.1 Å². The van der Waals surface area contributed by atoms with Crippen molar-refractivity contribution in [3.8, 4) is 11.1 Å². The summed E-state index contributed by atoms with van der Waals surface area (Å²) in [5, 5.41) is 0.600. The highest BCUT2D eigenvalue weighted by molar-refractivity contribution is 6.30. The van der Waals surface area contributed by atoms with Crippen molar-refractivity contribution in [2.24, 2.45) is 0 Å². The fourth-order valence-electron chi connectivity index (χ4n) is 4.67. The van der Waals surface area contributed by atoms with Gasteiger partial charge >= 0.3 is 6.18 Å². The summed E-state index contributed by atoms with van der Waals surface area (Å²) in [5.41, 5.74) is 3.44. The number of hydrogen-bond acceptors (Lipinski definition) is 3.